The SMILES string of the molecule is CC1(C)CCC(CN2CCN(C3(C)C=CC(C(=O)O)=C(Oc4ccccc4CO)C3)CC2)=C(c2ccc(Cl)cc2)C1. The lowest BCUT2D eigenvalue weighted by Crippen LogP contribution is -2.56. The number of aliphatic hydroxyl groups is 1. The molecule has 3 aliphatic rings. The molecule has 0 radical (unpaired) electrons. The number of nitrogens with zero attached hydrogens (tertiary/aromatic N) is 2. The largest absolute Gasteiger partial charge is 0.478 e. The Morgan fingerprint density at radius 3 is 2.39 bits per heavy atom. The molecule has 1 fully saturated rings. The summed E-state index contributed by atoms with van der Waals surface area (Å²) in [4.78, 5) is 17.0. The number of aliphatic carboxylic acids is 1. The minimum atomic E-state index is -1.01. The van der Waals surface area contributed by atoms with Crippen molar-refractivity contribution >= 4 is 23.1 Å². The van der Waals surface area contributed by atoms with Crippen molar-refractivity contribution in [2.45, 2.75) is 58.6 Å². The highest BCUT2D eigenvalue weighted by Crippen LogP contribution is 2.43. The molecule has 2 N–H and O–H groups in total. The first-order chi connectivity index (χ1) is 19.6. The van der Waals surface area contributed by atoms with E-state index in [2.05, 4.69) is 42.7 Å². The highest BCUT2D eigenvalue weighted by Gasteiger charge is 2.38. The molecule has 6 nitrogen and oxygen atoms in total. The van der Waals surface area contributed by atoms with Crippen LogP contribution in [-0.4, -0.2) is 64.2 Å². The number of carboxylic acid groups (broad SMARTS) is 1. The second-order valence-electron chi connectivity index (χ2n) is 12.6. The van der Waals surface area contributed by atoms with Gasteiger partial charge in [-0.3, -0.25) is 9.80 Å². The van der Waals surface area contributed by atoms with Gasteiger partial charge in [0.15, 0.2) is 0 Å². The number of carboxylic acids is 1. The summed E-state index contributed by atoms with van der Waals surface area (Å²) in [5.41, 5.74) is 5.02. The van der Waals surface area contributed by atoms with Crippen LogP contribution in [-0.2, 0) is 11.4 Å². The van der Waals surface area contributed by atoms with Crippen molar-refractivity contribution in [3.63, 3.8) is 0 Å². The zero-order valence-electron chi connectivity index (χ0n) is 24.3. The number of halogens is 1. The molecule has 2 aliphatic carbocycles. The lowest BCUT2D eigenvalue weighted by molar-refractivity contribution is -0.132. The van der Waals surface area contributed by atoms with Crippen molar-refractivity contribution in [2.75, 3.05) is 32.7 Å². The molecule has 1 heterocycles. The quantitative estimate of drug-likeness (QED) is 0.371. The molecule has 1 aliphatic heterocycles. The Labute approximate surface area is 248 Å². The standard InChI is InChI=1S/C34H41ClN2O4/c1-33(2)14-12-25(29(20-33)24-8-10-27(35)11-9-24)22-36-16-18-37(19-17-36)34(3)15-13-28(32(39)40)31(21-34)41-30-7-5-4-6-26(30)23-38/h4-11,13,15,38H,12,14,16-23H2,1-3H3,(H,39,40). The third-order valence-corrected chi connectivity index (χ3v) is 9.17. The van der Waals surface area contributed by atoms with E-state index in [1.54, 1.807) is 18.2 Å². The number of para-hydroxylation sites is 1. The topological polar surface area (TPSA) is 73.2 Å². The van der Waals surface area contributed by atoms with E-state index < -0.39 is 5.97 Å². The Morgan fingerprint density at radius 1 is 1.00 bits per heavy atom. The maximum atomic E-state index is 12.0. The summed E-state index contributed by atoms with van der Waals surface area (Å²) in [6.45, 7) is 11.4. The Balaban J connectivity index is 1.28. The second-order valence-corrected chi connectivity index (χ2v) is 13.0. The number of ether oxygens (including phenoxy) is 1. The van der Waals surface area contributed by atoms with Crippen molar-refractivity contribution in [3.8, 4) is 5.75 Å². The third-order valence-electron chi connectivity index (χ3n) is 8.92. The predicted molar refractivity (Wildman–Crippen MR) is 164 cm³/mol. The summed E-state index contributed by atoms with van der Waals surface area (Å²) in [5.74, 6) is -0.0925. The normalized spacial score (nSPS) is 23.6. The van der Waals surface area contributed by atoms with Gasteiger partial charge < -0.3 is 14.9 Å². The highest BCUT2D eigenvalue weighted by atomic mass is 35.5. The molecule has 0 spiro atoms. The number of rotatable bonds is 8. The van der Waals surface area contributed by atoms with E-state index in [0.717, 1.165) is 50.6 Å². The number of hydrogen-bond donors (Lipinski definition) is 2. The average molecular weight is 577 g/mol. The molecule has 0 bridgehead atoms. The predicted octanol–water partition coefficient (Wildman–Crippen LogP) is 6.55. The van der Waals surface area contributed by atoms with Gasteiger partial charge in [0.25, 0.3) is 0 Å². The highest BCUT2D eigenvalue weighted by molar-refractivity contribution is 6.30. The summed E-state index contributed by atoms with van der Waals surface area (Å²) in [6, 6.07) is 15.5. The van der Waals surface area contributed by atoms with Gasteiger partial charge in [0.1, 0.15) is 11.5 Å². The van der Waals surface area contributed by atoms with E-state index >= 15 is 0 Å². The summed E-state index contributed by atoms with van der Waals surface area (Å²) in [7, 11) is 0. The maximum absolute atomic E-state index is 12.0. The number of piperazine rings is 1. The lowest BCUT2D eigenvalue weighted by Gasteiger charge is -2.46. The summed E-state index contributed by atoms with van der Waals surface area (Å²) in [6.07, 6.45) is 7.54. The van der Waals surface area contributed by atoms with Crippen molar-refractivity contribution < 1.29 is 19.7 Å². The van der Waals surface area contributed by atoms with Crippen LogP contribution >= 0.6 is 11.6 Å². The monoisotopic (exact) mass is 576 g/mol. The molecule has 2 aromatic rings. The first-order valence-electron chi connectivity index (χ1n) is 14.5. The van der Waals surface area contributed by atoms with Crippen LogP contribution in [0.4, 0.5) is 0 Å². The van der Waals surface area contributed by atoms with Gasteiger partial charge in [-0.2, -0.15) is 0 Å². The molecule has 2 aromatic carbocycles. The lowest BCUT2D eigenvalue weighted by atomic mass is 9.72. The number of hydrogen-bond acceptors (Lipinski definition) is 5. The summed E-state index contributed by atoms with van der Waals surface area (Å²) >= 11 is 6.19. The zero-order chi connectivity index (χ0) is 29.2. The van der Waals surface area contributed by atoms with Crippen molar-refractivity contribution in [2.24, 2.45) is 5.41 Å². The van der Waals surface area contributed by atoms with Gasteiger partial charge in [0, 0.05) is 55.3 Å². The van der Waals surface area contributed by atoms with Gasteiger partial charge in [-0.15, -0.1) is 0 Å². The number of allylic oxidation sites excluding steroid dienone is 1. The molecule has 218 valence electrons. The molecule has 0 amide bonds. The van der Waals surface area contributed by atoms with Gasteiger partial charge in [-0.1, -0.05) is 67.4 Å². The van der Waals surface area contributed by atoms with Crippen molar-refractivity contribution in [1.82, 2.24) is 9.80 Å². The van der Waals surface area contributed by atoms with Crippen LogP contribution in [0.5, 0.6) is 5.75 Å². The molecular formula is C34H41ClN2O4. The second kappa shape index (κ2) is 12.1. The van der Waals surface area contributed by atoms with Crippen LogP contribution in [0.1, 0.15) is 57.6 Å². The average Bonchev–Trinajstić information content (AvgIpc) is 2.95. The Kier molecular flexibility index (Phi) is 8.76. The van der Waals surface area contributed by atoms with E-state index in [0.29, 0.717) is 28.9 Å². The van der Waals surface area contributed by atoms with Crippen LogP contribution < -0.4 is 4.74 Å². The van der Waals surface area contributed by atoms with Gasteiger partial charge in [0.2, 0.25) is 0 Å². The Hall–Kier alpha value is -2.90. The first-order valence-corrected chi connectivity index (χ1v) is 14.9. The number of carbonyl (C=O) groups is 1. The molecule has 1 saturated heterocycles. The van der Waals surface area contributed by atoms with Crippen molar-refractivity contribution in [1.29, 1.82) is 0 Å². The maximum Gasteiger partial charge on any atom is 0.339 e. The smallest absolute Gasteiger partial charge is 0.339 e. The third kappa shape index (κ3) is 6.78. The Bertz CT molecular complexity index is 1370. The molecule has 0 aromatic heterocycles. The van der Waals surface area contributed by atoms with E-state index in [9.17, 15) is 15.0 Å². The summed E-state index contributed by atoms with van der Waals surface area (Å²) in [5, 5.41) is 20.4. The van der Waals surface area contributed by atoms with E-state index in [4.69, 9.17) is 16.3 Å². The molecule has 1 atom stereocenters. The van der Waals surface area contributed by atoms with Crippen molar-refractivity contribution in [3.05, 3.63) is 93.7 Å². The van der Waals surface area contributed by atoms with Gasteiger partial charge in [-0.25, -0.2) is 4.79 Å². The van der Waals surface area contributed by atoms with E-state index in [1.165, 1.54) is 23.1 Å². The van der Waals surface area contributed by atoms with Gasteiger partial charge in [0.05, 0.1) is 12.2 Å². The van der Waals surface area contributed by atoms with Crippen LogP contribution in [0.15, 0.2) is 77.6 Å². The van der Waals surface area contributed by atoms with Crippen LogP contribution in [0.2, 0.25) is 5.02 Å². The molecule has 0 saturated carbocycles. The fraction of sp³-hybridized carbons (Fsp3) is 0.441. The fourth-order valence-electron chi connectivity index (χ4n) is 6.35. The van der Waals surface area contributed by atoms with Crippen LogP contribution in [0.25, 0.3) is 5.57 Å². The Morgan fingerprint density at radius 2 is 1.71 bits per heavy atom. The summed E-state index contributed by atoms with van der Waals surface area (Å²) < 4.78 is 6.17. The molecular weight excluding hydrogens is 536 g/mol. The van der Waals surface area contributed by atoms with Gasteiger partial charge in [-0.05, 0) is 67.0 Å². The van der Waals surface area contributed by atoms with Crippen LogP contribution in [0.3, 0.4) is 0 Å². The van der Waals surface area contributed by atoms with Gasteiger partial charge >= 0.3 is 5.97 Å². The number of aliphatic hydroxyl groups excluding tert-OH is 1. The van der Waals surface area contributed by atoms with Crippen LogP contribution in [0, 0.1) is 5.41 Å². The molecule has 1 unspecified atom stereocenters. The minimum absolute atomic E-state index is 0.163. The molecule has 41 heavy (non-hydrogen) atoms. The van der Waals surface area contributed by atoms with E-state index in [-0.39, 0.29) is 17.7 Å². The fourth-order valence-corrected chi connectivity index (χ4v) is 6.48. The number of benzene rings is 2. The molecule has 7 heteroatoms. The minimum Gasteiger partial charge on any atom is -0.478 e. The zero-order valence-corrected chi connectivity index (χ0v) is 25.1. The van der Waals surface area contributed by atoms with E-state index in [1.807, 2.05) is 30.3 Å². The first kappa shape index (κ1) is 29.6. The molecule has 5 rings (SSSR count).